The number of thiazole rings is 1. The van der Waals surface area contributed by atoms with Gasteiger partial charge >= 0.3 is 0 Å². The summed E-state index contributed by atoms with van der Waals surface area (Å²) in [5, 5.41) is 8.55. The van der Waals surface area contributed by atoms with Crippen molar-refractivity contribution >= 4 is 28.2 Å². The Balaban J connectivity index is 1.58. The molecule has 2 aliphatic rings. The van der Waals surface area contributed by atoms with E-state index in [2.05, 4.69) is 22.3 Å². The Kier molecular flexibility index (Phi) is 6.67. The maximum absolute atomic E-state index is 14.1. The number of rotatable bonds is 6. The van der Waals surface area contributed by atoms with E-state index in [1.807, 2.05) is 0 Å². The number of aryl methyl sites for hydroxylation is 1. The average molecular weight is 477 g/mol. The maximum Gasteiger partial charge on any atom is 0.248 e. The normalized spacial score (nSPS) is 23.1. The number of nitrogens with two attached hydrogens (primary N) is 2. The van der Waals surface area contributed by atoms with Crippen molar-refractivity contribution in [3.05, 3.63) is 46.0 Å². The van der Waals surface area contributed by atoms with E-state index in [1.54, 1.807) is 31.3 Å². The van der Waals surface area contributed by atoms with Crippen LogP contribution in [0.2, 0.25) is 0 Å². The van der Waals surface area contributed by atoms with Crippen LogP contribution >= 0.6 is 11.3 Å². The lowest BCUT2D eigenvalue weighted by atomic mass is 9.83. The van der Waals surface area contributed by atoms with Gasteiger partial charge in [0.2, 0.25) is 11.8 Å². The second kappa shape index (κ2) is 9.34. The highest BCUT2D eigenvalue weighted by atomic mass is 32.1. The van der Waals surface area contributed by atoms with Crippen LogP contribution in [0, 0.1) is 11.8 Å². The van der Waals surface area contributed by atoms with Crippen LogP contribution in [0.15, 0.2) is 29.4 Å². The van der Waals surface area contributed by atoms with Gasteiger partial charge in [0.1, 0.15) is 0 Å². The van der Waals surface area contributed by atoms with Gasteiger partial charge in [-0.2, -0.15) is 0 Å². The standard InChI is InChI=1S/C23H30F2N6OS/c1-13-3-8-17-18(11-13)33-22(28-17)29-21(32)19(16-9-10-23(24,25)12-16)14-4-6-15(7-5-14)20(26)30-31(2)27/h4-7,13,16,19H,3,8-12,27H2,1-2H3,(H2,26,30)(H,28,29,32). The number of halogens is 2. The molecule has 10 heteroatoms. The fourth-order valence-electron chi connectivity index (χ4n) is 4.77. The first-order chi connectivity index (χ1) is 15.6. The molecule has 2 aliphatic carbocycles. The molecule has 33 heavy (non-hydrogen) atoms. The predicted octanol–water partition coefficient (Wildman–Crippen LogP) is 3.85. The SMILES string of the molecule is CC1CCc2nc(NC(=O)C(c3ccc(/C(N)=N/N(C)N)cc3)C3CCC(F)(F)C3)sc2C1. The van der Waals surface area contributed by atoms with Crippen molar-refractivity contribution in [1.82, 2.24) is 10.1 Å². The van der Waals surface area contributed by atoms with Gasteiger partial charge < -0.3 is 11.1 Å². The predicted molar refractivity (Wildman–Crippen MR) is 126 cm³/mol. The summed E-state index contributed by atoms with van der Waals surface area (Å²) in [6, 6.07) is 6.97. The summed E-state index contributed by atoms with van der Waals surface area (Å²) in [6.45, 7) is 2.21. The first-order valence-corrected chi connectivity index (χ1v) is 12.0. The molecule has 5 N–H and O–H groups in total. The zero-order valence-corrected chi connectivity index (χ0v) is 19.7. The minimum absolute atomic E-state index is 0.203. The summed E-state index contributed by atoms with van der Waals surface area (Å²) in [5.41, 5.74) is 8.29. The number of amides is 1. The number of nitrogens with zero attached hydrogens (tertiary/aromatic N) is 3. The molecule has 0 spiro atoms. The number of nitrogens with one attached hydrogen (secondary N) is 1. The van der Waals surface area contributed by atoms with Crippen molar-refractivity contribution in [3.8, 4) is 0 Å². The van der Waals surface area contributed by atoms with E-state index in [0.717, 1.165) is 30.1 Å². The molecule has 0 bridgehead atoms. The minimum Gasteiger partial charge on any atom is -0.382 e. The molecule has 1 fully saturated rings. The van der Waals surface area contributed by atoms with Gasteiger partial charge in [-0.3, -0.25) is 4.79 Å². The van der Waals surface area contributed by atoms with Gasteiger partial charge in [0, 0.05) is 30.3 Å². The van der Waals surface area contributed by atoms with Gasteiger partial charge in [-0.05, 0) is 43.1 Å². The Bertz CT molecular complexity index is 1040. The number of alkyl halides is 2. The van der Waals surface area contributed by atoms with Crippen LogP contribution in [0.1, 0.15) is 60.2 Å². The molecule has 0 saturated heterocycles. The fourth-order valence-corrected chi connectivity index (χ4v) is 5.95. The molecule has 2 aromatic rings. The van der Waals surface area contributed by atoms with Crippen LogP contribution in [-0.4, -0.2) is 34.8 Å². The number of carbonyl (C=O) groups excluding carboxylic acids is 1. The zero-order valence-electron chi connectivity index (χ0n) is 18.9. The molecule has 1 heterocycles. The lowest BCUT2D eigenvalue weighted by Gasteiger charge is -2.23. The Labute approximate surface area is 196 Å². The van der Waals surface area contributed by atoms with Crippen LogP contribution in [0.3, 0.4) is 0 Å². The molecular formula is C23H30F2N6OS. The number of hydrazine groups is 1. The van der Waals surface area contributed by atoms with Gasteiger partial charge in [0.15, 0.2) is 11.0 Å². The van der Waals surface area contributed by atoms with E-state index in [1.165, 1.54) is 16.2 Å². The topological polar surface area (TPSA) is 110 Å². The smallest absolute Gasteiger partial charge is 0.248 e. The Morgan fingerprint density at radius 2 is 2.06 bits per heavy atom. The number of aromatic nitrogens is 1. The highest BCUT2D eigenvalue weighted by Crippen LogP contribution is 2.46. The number of hydrogen-bond donors (Lipinski definition) is 3. The number of hydrogen-bond acceptors (Lipinski definition) is 6. The first-order valence-electron chi connectivity index (χ1n) is 11.2. The molecule has 7 nitrogen and oxygen atoms in total. The molecule has 3 atom stereocenters. The van der Waals surface area contributed by atoms with Gasteiger partial charge in [-0.25, -0.2) is 24.7 Å². The van der Waals surface area contributed by atoms with Crippen LogP contribution in [-0.2, 0) is 17.6 Å². The molecule has 1 aromatic carbocycles. The van der Waals surface area contributed by atoms with Gasteiger partial charge in [0.25, 0.3) is 0 Å². The van der Waals surface area contributed by atoms with Crippen molar-refractivity contribution in [2.75, 3.05) is 12.4 Å². The fraction of sp³-hybridized carbons (Fsp3) is 0.522. The Hall–Kier alpha value is -2.59. The Morgan fingerprint density at radius 1 is 1.33 bits per heavy atom. The van der Waals surface area contributed by atoms with Crippen LogP contribution in [0.4, 0.5) is 13.9 Å². The number of benzene rings is 1. The third-order valence-corrected chi connectivity index (χ3v) is 7.48. The van der Waals surface area contributed by atoms with E-state index in [4.69, 9.17) is 11.6 Å². The molecule has 1 saturated carbocycles. The molecule has 3 unspecified atom stereocenters. The van der Waals surface area contributed by atoms with Gasteiger partial charge in [-0.1, -0.05) is 31.2 Å². The number of hydrazone groups is 1. The second-order valence-corrected chi connectivity index (χ2v) is 10.3. The average Bonchev–Trinajstić information content (AvgIpc) is 3.29. The van der Waals surface area contributed by atoms with E-state index in [9.17, 15) is 13.6 Å². The number of anilines is 1. The largest absolute Gasteiger partial charge is 0.382 e. The van der Waals surface area contributed by atoms with Crippen molar-refractivity contribution < 1.29 is 13.6 Å². The molecule has 4 rings (SSSR count). The number of amidine groups is 1. The van der Waals surface area contributed by atoms with Crippen LogP contribution in [0.5, 0.6) is 0 Å². The van der Waals surface area contributed by atoms with Crippen LogP contribution in [0.25, 0.3) is 0 Å². The molecule has 0 radical (unpaired) electrons. The van der Waals surface area contributed by atoms with E-state index < -0.39 is 17.8 Å². The zero-order chi connectivity index (χ0) is 23.8. The third kappa shape index (κ3) is 5.50. The van der Waals surface area contributed by atoms with E-state index in [0.29, 0.717) is 28.6 Å². The molecule has 178 valence electrons. The lowest BCUT2D eigenvalue weighted by molar-refractivity contribution is -0.118. The third-order valence-electron chi connectivity index (χ3n) is 6.44. The van der Waals surface area contributed by atoms with Gasteiger partial charge in [0.05, 0.1) is 11.6 Å². The summed E-state index contributed by atoms with van der Waals surface area (Å²) in [7, 11) is 1.55. The van der Waals surface area contributed by atoms with Gasteiger partial charge in [-0.15, -0.1) is 16.4 Å². The number of carbonyl (C=O) groups is 1. The highest BCUT2D eigenvalue weighted by Gasteiger charge is 2.45. The summed E-state index contributed by atoms with van der Waals surface area (Å²) in [4.78, 5) is 19.2. The molecule has 1 aromatic heterocycles. The second-order valence-electron chi connectivity index (χ2n) is 9.24. The quantitative estimate of drug-likeness (QED) is 0.254. The van der Waals surface area contributed by atoms with Crippen molar-refractivity contribution in [2.24, 2.45) is 28.5 Å². The Morgan fingerprint density at radius 3 is 2.70 bits per heavy atom. The molecule has 1 amide bonds. The highest BCUT2D eigenvalue weighted by molar-refractivity contribution is 7.15. The van der Waals surface area contributed by atoms with Crippen molar-refractivity contribution in [1.29, 1.82) is 0 Å². The van der Waals surface area contributed by atoms with Crippen molar-refractivity contribution in [3.63, 3.8) is 0 Å². The van der Waals surface area contributed by atoms with Crippen LogP contribution < -0.4 is 16.9 Å². The van der Waals surface area contributed by atoms with Crippen molar-refractivity contribution in [2.45, 2.75) is 57.3 Å². The molecular weight excluding hydrogens is 446 g/mol. The monoisotopic (exact) mass is 476 g/mol. The first kappa shape index (κ1) is 23.6. The summed E-state index contributed by atoms with van der Waals surface area (Å²) in [6.07, 6.45) is 2.74. The minimum atomic E-state index is -2.75. The number of fused-ring (bicyclic) bond motifs is 1. The maximum atomic E-state index is 14.1. The lowest BCUT2D eigenvalue weighted by Crippen LogP contribution is -2.28. The summed E-state index contributed by atoms with van der Waals surface area (Å²) in [5.74, 6) is 2.13. The summed E-state index contributed by atoms with van der Waals surface area (Å²) < 4.78 is 28.1. The van der Waals surface area contributed by atoms with E-state index >= 15 is 0 Å². The van der Waals surface area contributed by atoms with E-state index in [-0.39, 0.29) is 24.6 Å². The molecule has 0 aliphatic heterocycles. The summed E-state index contributed by atoms with van der Waals surface area (Å²) >= 11 is 1.49.